The van der Waals surface area contributed by atoms with Crippen LogP contribution in [0.25, 0.3) is 0 Å². The van der Waals surface area contributed by atoms with Gasteiger partial charge in [0.25, 0.3) is 0 Å². The summed E-state index contributed by atoms with van der Waals surface area (Å²) >= 11 is 0. The SMILES string of the molecule is CC(=O)Cc1cnc(CC2CCS(=O)(=O)CC2)o1. The molecule has 0 aliphatic carbocycles. The zero-order chi connectivity index (χ0) is 13.2. The number of Topliss-reactive ketones (excluding diaryl/α,β-unsaturated/α-hetero) is 1. The summed E-state index contributed by atoms with van der Waals surface area (Å²) in [5.41, 5.74) is 0. The summed E-state index contributed by atoms with van der Waals surface area (Å²) < 4.78 is 28.1. The van der Waals surface area contributed by atoms with E-state index >= 15 is 0 Å². The highest BCUT2D eigenvalue weighted by atomic mass is 32.2. The lowest BCUT2D eigenvalue weighted by Gasteiger charge is -2.20. The van der Waals surface area contributed by atoms with Crippen LogP contribution in [-0.4, -0.2) is 30.7 Å². The molecule has 0 amide bonds. The van der Waals surface area contributed by atoms with Gasteiger partial charge in [-0.1, -0.05) is 0 Å². The van der Waals surface area contributed by atoms with E-state index in [2.05, 4.69) is 4.98 Å². The topological polar surface area (TPSA) is 77.2 Å². The molecule has 0 saturated carbocycles. The minimum absolute atomic E-state index is 0.0430. The molecule has 1 aliphatic heterocycles. The third-order valence-electron chi connectivity index (χ3n) is 3.16. The Morgan fingerprint density at radius 1 is 1.44 bits per heavy atom. The van der Waals surface area contributed by atoms with Crippen LogP contribution >= 0.6 is 0 Å². The summed E-state index contributed by atoms with van der Waals surface area (Å²) in [7, 11) is -2.81. The number of hydrogen-bond acceptors (Lipinski definition) is 5. The van der Waals surface area contributed by atoms with Crippen LogP contribution < -0.4 is 0 Å². The van der Waals surface area contributed by atoms with Gasteiger partial charge in [-0.25, -0.2) is 13.4 Å². The maximum absolute atomic E-state index is 11.3. The summed E-state index contributed by atoms with van der Waals surface area (Å²) in [5, 5.41) is 0. The van der Waals surface area contributed by atoms with Crippen LogP contribution in [0.2, 0.25) is 0 Å². The summed E-state index contributed by atoms with van der Waals surface area (Å²) in [6, 6.07) is 0. The van der Waals surface area contributed by atoms with Crippen molar-refractivity contribution in [3.05, 3.63) is 17.8 Å². The van der Waals surface area contributed by atoms with Crippen LogP contribution in [0.3, 0.4) is 0 Å². The summed E-state index contributed by atoms with van der Waals surface area (Å²) in [6.07, 6.45) is 3.86. The van der Waals surface area contributed by atoms with Crippen LogP contribution in [-0.2, 0) is 27.5 Å². The lowest BCUT2D eigenvalue weighted by atomic mass is 9.99. The average Bonchev–Trinajstić information content (AvgIpc) is 2.68. The zero-order valence-corrected chi connectivity index (χ0v) is 11.2. The number of hydrogen-bond donors (Lipinski definition) is 0. The first-order valence-electron chi connectivity index (χ1n) is 6.08. The number of sulfone groups is 1. The van der Waals surface area contributed by atoms with Gasteiger partial charge in [0.1, 0.15) is 21.4 Å². The van der Waals surface area contributed by atoms with E-state index in [-0.39, 0.29) is 23.7 Å². The zero-order valence-electron chi connectivity index (χ0n) is 10.4. The largest absolute Gasteiger partial charge is 0.445 e. The quantitative estimate of drug-likeness (QED) is 0.821. The third-order valence-corrected chi connectivity index (χ3v) is 4.88. The highest BCUT2D eigenvalue weighted by Crippen LogP contribution is 2.22. The molecule has 2 heterocycles. The van der Waals surface area contributed by atoms with Gasteiger partial charge < -0.3 is 4.42 Å². The molecule has 1 aromatic rings. The normalized spacial score (nSPS) is 19.8. The average molecular weight is 271 g/mol. The first kappa shape index (κ1) is 13.3. The van der Waals surface area contributed by atoms with Crippen LogP contribution in [0, 0.1) is 5.92 Å². The molecule has 0 aromatic carbocycles. The lowest BCUT2D eigenvalue weighted by molar-refractivity contribution is -0.116. The maximum atomic E-state index is 11.3. The summed E-state index contributed by atoms with van der Waals surface area (Å²) in [4.78, 5) is 15.1. The molecular formula is C12H17NO4S. The van der Waals surface area contributed by atoms with Crippen molar-refractivity contribution in [1.29, 1.82) is 0 Å². The Labute approximate surface area is 107 Å². The lowest BCUT2D eigenvalue weighted by Crippen LogP contribution is -2.24. The van der Waals surface area contributed by atoms with E-state index in [0.29, 0.717) is 36.8 Å². The number of nitrogens with zero attached hydrogens (tertiary/aromatic N) is 1. The van der Waals surface area contributed by atoms with Crippen molar-refractivity contribution in [3.63, 3.8) is 0 Å². The second kappa shape index (κ2) is 5.22. The van der Waals surface area contributed by atoms with E-state index in [1.807, 2.05) is 0 Å². The van der Waals surface area contributed by atoms with Crippen molar-refractivity contribution in [2.24, 2.45) is 5.92 Å². The van der Waals surface area contributed by atoms with Crippen LogP contribution in [0.15, 0.2) is 10.6 Å². The first-order chi connectivity index (χ1) is 8.44. The molecule has 100 valence electrons. The Bertz CT molecular complexity index is 518. The van der Waals surface area contributed by atoms with Gasteiger partial charge in [-0.2, -0.15) is 0 Å². The number of carbonyl (C=O) groups excluding carboxylic acids is 1. The molecule has 2 rings (SSSR count). The predicted molar refractivity (Wildman–Crippen MR) is 66.0 cm³/mol. The molecule has 1 aliphatic rings. The fourth-order valence-electron chi connectivity index (χ4n) is 2.16. The van der Waals surface area contributed by atoms with Gasteiger partial charge in [-0.05, 0) is 25.7 Å². The van der Waals surface area contributed by atoms with Gasteiger partial charge in [0.2, 0.25) is 0 Å². The van der Waals surface area contributed by atoms with E-state index in [1.165, 1.54) is 6.92 Å². The molecule has 0 radical (unpaired) electrons. The van der Waals surface area contributed by atoms with Crippen LogP contribution in [0.1, 0.15) is 31.4 Å². The minimum atomic E-state index is -2.81. The van der Waals surface area contributed by atoms with E-state index in [9.17, 15) is 13.2 Å². The number of ketones is 1. The van der Waals surface area contributed by atoms with Crippen molar-refractivity contribution in [1.82, 2.24) is 4.98 Å². The molecule has 0 bridgehead atoms. The number of rotatable bonds is 4. The maximum Gasteiger partial charge on any atom is 0.194 e. The molecular weight excluding hydrogens is 254 g/mol. The number of carbonyl (C=O) groups is 1. The van der Waals surface area contributed by atoms with Crippen molar-refractivity contribution < 1.29 is 17.6 Å². The van der Waals surface area contributed by atoms with Gasteiger partial charge in [-0.15, -0.1) is 0 Å². The molecule has 1 saturated heterocycles. The molecule has 0 unspecified atom stereocenters. The third kappa shape index (κ3) is 3.66. The molecule has 0 spiro atoms. The molecule has 1 aromatic heterocycles. The van der Waals surface area contributed by atoms with Crippen LogP contribution in [0.4, 0.5) is 0 Å². The van der Waals surface area contributed by atoms with Gasteiger partial charge in [0, 0.05) is 6.42 Å². The van der Waals surface area contributed by atoms with E-state index in [4.69, 9.17) is 4.42 Å². The standard InChI is InChI=1S/C12H17NO4S/c1-9(14)6-11-8-13-12(17-11)7-10-2-4-18(15,16)5-3-10/h8,10H,2-7H2,1H3. The molecule has 1 fully saturated rings. The van der Waals surface area contributed by atoms with Crippen LogP contribution in [0.5, 0.6) is 0 Å². The van der Waals surface area contributed by atoms with Gasteiger partial charge in [-0.3, -0.25) is 4.79 Å². The van der Waals surface area contributed by atoms with E-state index < -0.39 is 9.84 Å². The van der Waals surface area contributed by atoms with Gasteiger partial charge in [0.05, 0.1) is 24.1 Å². The highest BCUT2D eigenvalue weighted by Gasteiger charge is 2.24. The summed E-state index contributed by atoms with van der Waals surface area (Å²) in [5.74, 6) is 2.08. The first-order valence-corrected chi connectivity index (χ1v) is 7.90. The Hall–Kier alpha value is -1.17. The molecule has 6 heteroatoms. The molecule has 0 atom stereocenters. The Kier molecular flexibility index (Phi) is 3.85. The molecule has 0 N–H and O–H groups in total. The second-order valence-electron chi connectivity index (χ2n) is 4.90. The summed E-state index contributed by atoms with van der Waals surface area (Å²) in [6.45, 7) is 1.51. The van der Waals surface area contributed by atoms with E-state index in [0.717, 1.165) is 0 Å². The van der Waals surface area contributed by atoms with Crippen molar-refractivity contribution in [2.75, 3.05) is 11.5 Å². The number of oxazole rings is 1. The van der Waals surface area contributed by atoms with Gasteiger partial charge >= 0.3 is 0 Å². The molecule has 18 heavy (non-hydrogen) atoms. The second-order valence-corrected chi connectivity index (χ2v) is 7.20. The van der Waals surface area contributed by atoms with E-state index in [1.54, 1.807) is 6.20 Å². The fraction of sp³-hybridized carbons (Fsp3) is 0.667. The Morgan fingerprint density at radius 2 is 2.11 bits per heavy atom. The minimum Gasteiger partial charge on any atom is -0.445 e. The predicted octanol–water partition coefficient (Wildman–Crippen LogP) is 1.17. The monoisotopic (exact) mass is 271 g/mol. The highest BCUT2D eigenvalue weighted by molar-refractivity contribution is 7.91. The molecule has 5 nitrogen and oxygen atoms in total. The van der Waals surface area contributed by atoms with Crippen molar-refractivity contribution >= 4 is 15.6 Å². The fourth-order valence-corrected chi connectivity index (χ4v) is 3.75. The Balaban J connectivity index is 1.90. The Morgan fingerprint density at radius 3 is 2.72 bits per heavy atom. The van der Waals surface area contributed by atoms with Gasteiger partial charge in [0.15, 0.2) is 5.89 Å². The smallest absolute Gasteiger partial charge is 0.194 e. The van der Waals surface area contributed by atoms with Crippen molar-refractivity contribution in [2.45, 2.75) is 32.6 Å². The number of aromatic nitrogens is 1. The van der Waals surface area contributed by atoms with Crippen molar-refractivity contribution in [3.8, 4) is 0 Å².